The van der Waals surface area contributed by atoms with Crippen LogP contribution in [0, 0.1) is 5.92 Å². The summed E-state index contributed by atoms with van der Waals surface area (Å²) in [6.07, 6.45) is 8.72. The number of benzene rings is 1. The van der Waals surface area contributed by atoms with Gasteiger partial charge in [0.1, 0.15) is 5.65 Å². The van der Waals surface area contributed by atoms with E-state index in [-0.39, 0.29) is 14.1 Å². The molecule has 0 spiro atoms. The number of hydrogen-bond acceptors (Lipinski definition) is 5. The first kappa shape index (κ1) is 24.5. The molecule has 0 amide bonds. The van der Waals surface area contributed by atoms with Gasteiger partial charge in [-0.2, -0.15) is 13.8 Å². The van der Waals surface area contributed by atoms with Crippen molar-refractivity contribution in [3.05, 3.63) is 42.2 Å². The molecule has 6 nitrogen and oxygen atoms in total. The molecule has 0 unspecified atom stereocenters. The predicted molar refractivity (Wildman–Crippen MR) is 134 cm³/mol. The molecule has 0 saturated heterocycles. The second-order valence-electron chi connectivity index (χ2n) is 9.87. The Kier molecular flexibility index (Phi) is 7.78. The summed E-state index contributed by atoms with van der Waals surface area (Å²) in [4.78, 5) is 11.5. The molecular weight excluding hydrogens is 436 g/mol. The summed E-state index contributed by atoms with van der Waals surface area (Å²) in [5.41, 5.74) is 4.40. The molecule has 34 heavy (non-hydrogen) atoms. The summed E-state index contributed by atoms with van der Waals surface area (Å²) in [5, 5.41) is 4.10. The van der Waals surface area contributed by atoms with Gasteiger partial charge in [-0.15, -0.1) is 0 Å². The SMILES string of the molecule is CC1CCC(n2cc(-c3ccc(CN(C)C)cc3)c3cnc(N[C@@H](C)COC(F)F)nc32)CC1.[HH]. The molecule has 1 N–H and O–H groups in total. The van der Waals surface area contributed by atoms with Crippen LogP contribution >= 0.6 is 0 Å². The molecule has 2 aromatic heterocycles. The Labute approximate surface area is 201 Å². The topological polar surface area (TPSA) is 55.2 Å². The van der Waals surface area contributed by atoms with Crippen molar-refractivity contribution < 1.29 is 14.9 Å². The van der Waals surface area contributed by atoms with Crippen LogP contribution < -0.4 is 5.32 Å². The minimum atomic E-state index is -2.79. The molecule has 1 fully saturated rings. The van der Waals surface area contributed by atoms with Gasteiger partial charge in [-0.25, -0.2) is 4.98 Å². The van der Waals surface area contributed by atoms with Gasteiger partial charge in [-0.1, -0.05) is 31.2 Å². The Hall–Kier alpha value is -2.58. The standard InChI is InChI=1S/C26H35F2N5O.H2/c1-17-5-11-21(12-6-17)33-15-23(20-9-7-19(8-10-20)14-32(3)4)22-13-29-26(31-24(22)33)30-18(2)16-34-25(27)28;/h7-10,13,15,17-18,21,25H,5-6,11-12,14,16H2,1-4H3,(H,29,30,31);1H/t17?,18-,21?;/m0./s1. The van der Waals surface area contributed by atoms with E-state index in [1.807, 2.05) is 6.20 Å². The Bertz CT molecular complexity index is 1080. The third-order valence-corrected chi connectivity index (χ3v) is 6.56. The molecule has 4 rings (SSSR count). The van der Waals surface area contributed by atoms with Gasteiger partial charge in [-0.05, 0) is 63.7 Å². The van der Waals surface area contributed by atoms with Gasteiger partial charge in [0.25, 0.3) is 0 Å². The van der Waals surface area contributed by atoms with Crippen LogP contribution in [0.1, 0.15) is 52.6 Å². The van der Waals surface area contributed by atoms with Crippen molar-refractivity contribution in [1.29, 1.82) is 0 Å². The highest BCUT2D eigenvalue weighted by Gasteiger charge is 2.24. The monoisotopic (exact) mass is 473 g/mol. The van der Waals surface area contributed by atoms with E-state index in [9.17, 15) is 8.78 Å². The zero-order chi connectivity index (χ0) is 24.2. The molecule has 0 aliphatic heterocycles. The number of halogens is 2. The highest BCUT2D eigenvalue weighted by molar-refractivity contribution is 5.94. The molecule has 3 aromatic rings. The summed E-state index contributed by atoms with van der Waals surface area (Å²) in [7, 11) is 4.13. The van der Waals surface area contributed by atoms with E-state index in [4.69, 9.17) is 4.98 Å². The molecule has 1 saturated carbocycles. The quantitative estimate of drug-likeness (QED) is 0.401. The second kappa shape index (κ2) is 10.8. The molecule has 2 heterocycles. The zero-order valence-corrected chi connectivity index (χ0v) is 20.5. The fraction of sp³-hybridized carbons (Fsp3) is 0.538. The van der Waals surface area contributed by atoms with Gasteiger partial charge in [0.15, 0.2) is 0 Å². The van der Waals surface area contributed by atoms with Crippen molar-refractivity contribution in [3.63, 3.8) is 0 Å². The van der Waals surface area contributed by atoms with Crippen molar-refractivity contribution in [1.82, 2.24) is 19.4 Å². The van der Waals surface area contributed by atoms with Gasteiger partial charge in [0.2, 0.25) is 5.95 Å². The molecule has 0 radical (unpaired) electrons. The fourth-order valence-electron chi connectivity index (χ4n) is 4.76. The van der Waals surface area contributed by atoms with E-state index in [0.29, 0.717) is 12.0 Å². The highest BCUT2D eigenvalue weighted by Crippen LogP contribution is 2.38. The summed E-state index contributed by atoms with van der Waals surface area (Å²) in [5.74, 6) is 1.18. The number of alkyl halides is 2. The molecular formula is C26H37F2N5O. The second-order valence-corrected chi connectivity index (χ2v) is 9.87. The average molecular weight is 474 g/mol. The van der Waals surface area contributed by atoms with Crippen LogP contribution in [0.2, 0.25) is 0 Å². The zero-order valence-electron chi connectivity index (χ0n) is 20.5. The summed E-state index contributed by atoms with van der Waals surface area (Å²) >= 11 is 0. The molecule has 1 atom stereocenters. The van der Waals surface area contributed by atoms with Crippen LogP contribution in [0.5, 0.6) is 0 Å². The smallest absolute Gasteiger partial charge is 0.345 e. The lowest BCUT2D eigenvalue weighted by Gasteiger charge is -2.27. The maximum Gasteiger partial charge on any atom is 0.345 e. The van der Waals surface area contributed by atoms with Crippen molar-refractivity contribution in [2.24, 2.45) is 5.92 Å². The summed E-state index contributed by atoms with van der Waals surface area (Å²) in [6, 6.07) is 8.72. The Morgan fingerprint density at radius 1 is 1.18 bits per heavy atom. The Balaban J connectivity index is 0.00000342. The van der Waals surface area contributed by atoms with Gasteiger partial charge in [0, 0.05) is 43.4 Å². The van der Waals surface area contributed by atoms with E-state index in [2.05, 4.69) is 76.0 Å². The van der Waals surface area contributed by atoms with Crippen molar-refractivity contribution in [2.75, 3.05) is 26.0 Å². The Morgan fingerprint density at radius 3 is 2.53 bits per heavy atom. The van der Waals surface area contributed by atoms with Crippen molar-refractivity contribution in [2.45, 2.75) is 64.8 Å². The third kappa shape index (κ3) is 5.91. The van der Waals surface area contributed by atoms with Gasteiger partial charge < -0.3 is 19.5 Å². The first-order valence-electron chi connectivity index (χ1n) is 12.1. The van der Waals surface area contributed by atoms with Gasteiger partial charge in [0.05, 0.1) is 6.61 Å². The number of ether oxygens (including phenoxy) is 1. The highest BCUT2D eigenvalue weighted by atomic mass is 19.3. The molecule has 1 aliphatic rings. The number of nitrogens with one attached hydrogen (secondary N) is 1. The number of fused-ring (bicyclic) bond motifs is 1. The number of anilines is 1. The number of hydrogen-bond donors (Lipinski definition) is 1. The normalized spacial score (nSPS) is 19.8. The maximum absolute atomic E-state index is 12.4. The van der Waals surface area contributed by atoms with Crippen LogP contribution in [-0.4, -0.2) is 52.8 Å². The van der Waals surface area contributed by atoms with E-state index in [0.717, 1.165) is 47.5 Å². The number of nitrogens with zero attached hydrogens (tertiary/aromatic N) is 4. The van der Waals surface area contributed by atoms with E-state index in [1.165, 1.54) is 18.4 Å². The summed E-state index contributed by atoms with van der Waals surface area (Å²) in [6.45, 7) is 2.08. The van der Waals surface area contributed by atoms with Gasteiger partial charge >= 0.3 is 6.61 Å². The van der Waals surface area contributed by atoms with E-state index >= 15 is 0 Å². The van der Waals surface area contributed by atoms with E-state index in [1.54, 1.807) is 6.92 Å². The first-order valence-corrected chi connectivity index (χ1v) is 12.1. The van der Waals surface area contributed by atoms with Crippen LogP contribution in [0.15, 0.2) is 36.7 Å². The lowest BCUT2D eigenvalue weighted by molar-refractivity contribution is -0.130. The Morgan fingerprint density at radius 2 is 1.88 bits per heavy atom. The van der Waals surface area contributed by atoms with Crippen molar-refractivity contribution >= 4 is 17.0 Å². The molecule has 1 aromatic carbocycles. The average Bonchev–Trinajstić information content (AvgIpc) is 3.17. The largest absolute Gasteiger partial charge is 0.349 e. The van der Waals surface area contributed by atoms with Gasteiger partial charge in [-0.3, -0.25) is 0 Å². The molecule has 1 aliphatic carbocycles. The number of aromatic nitrogens is 3. The molecule has 186 valence electrons. The minimum absolute atomic E-state index is 0. The van der Waals surface area contributed by atoms with Crippen LogP contribution in [0.4, 0.5) is 14.7 Å². The molecule has 8 heteroatoms. The number of rotatable bonds is 9. The van der Waals surface area contributed by atoms with E-state index < -0.39 is 6.61 Å². The third-order valence-electron chi connectivity index (χ3n) is 6.56. The lowest BCUT2D eigenvalue weighted by Crippen LogP contribution is -2.24. The minimum Gasteiger partial charge on any atom is -0.349 e. The van der Waals surface area contributed by atoms with Crippen LogP contribution in [-0.2, 0) is 11.3 Å². The lowest BCUT2D eigenvalue weighted by atomic mass is 9.87. The maximum atomic E-state index is 12.4. The molecule has 0 bridgehead atoms. The predicted octanol–water partition coefficient (Wildman–Crippen LogP) is 6.20. The van der Waals surface area contributed by atoms with Crippen LogP contribution in [0.3, 0.4) is 0 Å². The van der Waals surface area contributed by atoms with Crippen LogP contribution in [0.25, 0.3) is 22.2 Å². The first-order chi connectivity index (χ1) is 16.3. The summed E-state index contributed by atoms with van der Waals surface area (Å²) < 4.78 is 31.5. The van der Waals surface area contributed by atoms with Crippen molar-refractivity contribution in [3.8, 4) is 11.1 Å². The fourth-order valence-corrected chi connectivity index (χ4v) is 4.76.